The number of halogens is 2. The van der Waals surface area contributed by atoms with Crippen LogP contribution in [0.15, 0.2) is 48.5 Å². The number of rotatable bonds is 2. The van der Waals surface area contributed by atoms with Gasteiger partial charge in [0.25, 0.3) is 0 Å². The maximum absolute atomic E-state index is 14.2. The maximum atomic E-state index is 14.2. The summed E-state index contributed by atoms with van der Waals surface area (Å²) in [6.07, 6.45) is 0. The van der Waals surface area contributed by atoms with E-state index in [-0.39, 0.29) is 33.4 Å². The van der Waals surface area contributed by atoms with Crippen LogP contribution < -0.4 is 5.32 Å². The lowest BCUT2D eigenvalue weighted by atomic mass is 9.83. The minimum Gasteiger partial charge on any atom is -0.351 e. The van der Waals surface area contributed by atoms with E-state index in [1.807, 2.05) is 0 Å². The third-order valence-electron chi connectivity index (χ3n) is 4.63. The Balaban J connectivity index is 1.73. The number of carbonyl (C=O) groups excluding carboxylic acids is 2. The predicted octanol–water partition coefficient (Wildman–Crippen LogP) is 5.00. The van der Waals surface area contributed by atoms with Gasteiger partial charge >= 0.3 is 0 Å². The Kier molecular flexibility index (Phi) is 3.75. The molecule has 1 aliphatic carbocycles. The first-order valence-electron chi connectivity index (χ1n) is 8.24. The van der Waals surface area contributed by atoms with Crippen molar-refractivity contribution in [1.29, 1.82) is 0 Å². The molecule has 1 aromatic heterocycles. The van der Waals surface area contributed by atoms with Gasteiger partial charge in [-0.2, -0.15) is 8.75 Å². The van der Waals surface area contributed by atoms with Crippen molar-refractivity contribution in [3.05, 3.63) is 81.6 Å². The number of aromatic nitrogens is 2. The van der Waals surface area contributed by atoms with Crippen LogP contribution in [0.3, 0.4) is 0 Å². The van der Waals surface area contributed by atoms with Gasteiger partial charge in [-0.1, -0.05) is 35.9 Å². The van der Waals surface area contributed by atoms with Crippen LogP contribution in [0.1, 0.15) is 31.8 Å². The van der Waals surface area contributed by atoms with E-state index >= 15 is 0 Å². The van der Waals surface area contributed by atoms with Gasteiger partial charge in [0.05, 0.1) is 28.7 Å². The van der Waals surface area contributed by atoms with E-state index in [1.54, 1.807) is 30.3 Å². The molecule has 0 saturated heterocycles. The Hall–Kier alpha value is -3.16. The molecule has 1 heterocycles. The van der Waals surface area contributed by atoms with E-state index < -0.39 is 5.82 Å². The molecular weight excluding hydrogens is 401 g/mol. The number of nitrogens with zero attached hydrogens (tertiary/aromatic N) is 2. The molecule has 1 N–H and O–H groups in total. The van der Waals surface area contributed by atoms with Crippen LogP contribution in [-0.2, 0) is 0 Å². The summed E-state index contributed by atoms with van der Waals surface area (Å²) in [4.78, 5) is 26.0. The third kappa shape index (κ3) is 2.44. The molecule has 3 aromatic carbocycles. The summed E-state index contributed by atoms with van der Waals surface area (Å²) in [5.41, 5.74) is 2.43. The zero-order valence-corrected chi connectivity index (χ0v) is 15.6. The molecule has 1 aliphatic rings. The Labute approximate surface area is 167 Å². The number of anilines is 2. The van der Waals surface area contributed by atoms with Crippen LogP contribution in [0, 0.1) is 5.82 Å². The molecule has 28 heavy (non-hydrogen) atoms. The highest BCUT2D eigenvalue weighted by atomic mass is 35.5. The van der Waals surface area contributed by atoms with Gasteiger partial charge in [-0.3, -0.25) is 9.59 Å². The number of hydrogen-bond acceptors (Lipinski definition) is 6. The van der Waals surface area contributed by atoms with Crippen molar-refractivity contribution < 1.29 is 14.0 Å². The maximum Gasteiger partial charge on any atom is 0.196 e. The first kappa shape index (κ1) is 17.0. The topological polar surface area (TPSA) is 72.0 Å². The van der Waals surface area contributed by atoms with Gasteiger partial charge in [-0.25, -0.2) is 4.39 Å². The van der Waals surface area contributed by atoms with Crippen LogP contribution in [-0.4, -0.2) is 20.3 Å². The summed E-state index contributed by atoms with van der Waals surface area (Å²) in [6.45, 7) is 0. The number of hydrogen-bond donors (Lipinski definition) is 1. The number of carbonyl (C=O) groups is 2. The Morgan fingerprint density at radius 3 is 2.32 bits per heavy atom. The number of ketones is 2. The molecule has 5 nitrogen and oxygen atoms in total. The van der Waals surface area contributed by atoms with Crippen molar-refractivity contribution in [1.82, 2.24) is 8.75 Å². The highest BCUT2D eigenvalue weighted by molar-refractivity contribution is 7.00. The monoisotopic (exact) mass is 409 g/mol. The predicted molar refractivity (Wildman–Crippen MR) is 105 cm³/mol. The van der Waals surface area contributed by atoms with Crippen molar-refractivity contribution in [3.8, 4) is 0 Å². The van der Waals surface area contributed by atoms with Crippen molar-refractivity contribution in [2.45, 2.75) is 0 Å². The van der Waals surface area contributed by atoms with Gasteiger partial charge in [0, 0.05) is 21.7 Å². The van der Waals surface area contributed by atoms with Gasteiger partial charge in [0.15, 0.2) is 11.6 Å². The van der Waals surface area contributed by atoms with Crippen molar-refractivity contribution in [2.75, 3.05) is 5.32 Å². The van der Waals surface area contributed by atoms with E-state index in [4.69, 9.17) is 11.6 Å². The fourth-order valence-electron chi connectivity index (χ4n) is 3.34. The molecule has 136 valence electrons. The fraction of sp³-hybridized carbons (Fsp3) is 0. The number of nitrogens with one attached hydrogen (secondary N) is 1. The SMILES string of the molecule is O=C1c2ccccc2C(=O)c2c1cc(Nc1ccc(Cl)cc1F)c1nsnc21. The van der Waals surface area contributed by atoms with E-state index in [9.17, 15) is 14.0 Å². The average molecular weight is 410 g/mol. The van der Waals surface area contributed by atoms with Crippen molar-refractivity contribution in [2.24, 2.45) is 0 Å². The molecule has 0 unspecified atom stereocenters. The van der Waals surface area contributed by atoms with Crippen molar-refractivity contribution >= 4 is 57.3 Å². The van der Waals surface area contributed by atoms with Crippen LogP contribution in [0.25, 0.3) is 11.0 Å². The molecule has 0 amide bonds. The fourth-order valence-corrected chi connectivity index (χ4v) is 4.07. The lowest BCUT2D eigenvalue weighted by molar-refractivity contribution is 0.0980. The highest BCUT2D eigenvalue weighted by Gasteiger charge is 2.33. The summed E-state index contributed by atoms with van der Waals surface area (Å²) in [6, 6.07) is 12.4. The molecule has 8 heteroatoms. The molecule has 0 fully saturated rings. The first-order chi connectivity index (χ1) is 13.5. The summed E-state index contributed by atoms with van der Waals surface area (Å²) < 4.78 is 22.7. The largest absolute Gasteiger partial charge is 0.351 e. The van der Waals surface area contributed by atoms with E-state index in [1.165, 1.54) is 18.2 Å². The summed E-state index contributed by atoms with van der Waals surface area (Å²) >= 11 is 6.73. The highest BCUT2D eigenvalue weighted by Crippen LogP contribution is 2.37. The molecule has 0 bridgehead atoms. The quantitative estimate of drug-likeness (QED) is 0.444. The standard InChI is InChI=1S/C20H9ClFN3O2S/c21-9-5-6-14(13(22)7-9)23-15-8-12-16(18-17(15)24-28-25-18)20(27)11-4-2-1-3-10(11)19(12)26/h1-8,23H. The van der Waals surface area contributed by atoms with E-state index in [0.717, 1.165) is 11.7 Å². The lowest BCUT2D eigenvalue weighted by Crippen LogP contribution is -2.21. The van der Waals surface area contributed by atoms with Gasteiger partial charge in [-0.15, -0.1) is 0 Å². The Morgan fingerprint density at radius 1 is 0.857 bits per heavy atom. The normalized spacial score (nSPS) is 12.8. The first-order valence-corrected chi connectivity index (χ1v) is 9.35. The summed E-state index contributed by atoms with van der Waals surface area (Å²) in [7, 11) is 0. The second-order valence-electron chi connectivity index (χ2n) is 6.26. The van der Waals surface area contributed by atoms with E-state index in [0.29, 0.717) is 27.8 Å². The second kappa shape index (κ2) is 6.19. The number of benzene rings is 3. The van der Waals surface area contributed by atoms with Crippen LogP contribution in [0.5, 0.6) is 0 Å². The molecule has 0 radical (unpaired) electrons. The third-order valence-corrected chi connectivity index (χ3v) is 5.39. The molecule has 4 aromatic rings. The molecule has 0 spiro atoms. The Bertz CT molecular complexity index is 1320. The van der Waals surface area contributed by atoms with Crippen LogP contribution in [0.4, 0.5) is 15.8 Å². The molecule has 0 aliphatic heterocycles. The smallest absolute Gasteiger partial charge is 0.196 e. The summed E-state index contributed by atoms with van der Waals surface area (Å²) in [5, 5.41) is 3.21. The van der Waals surface area contributed by atoms with Gasteiger partial charge in [0.2, 0.25) is 0 Å². The second-order valence-corrected chi connectivity index (χ2v) is 7.23. The van der Waals surface area contributed by atoms with Gasteiger partial charge < -0.3 is 5.32 Å². The van der Waals surface area contributed by atoms with Gasteiger partial charge in [-0.05, 0) is 24.3 Å². The van der Waals surface area contributed by atoms with Crippen LogP contribution in [0.2, 0.25) is 5.02 Å². The van der Waals surface area contributed by atoms with E-state index in [2.05, 4.69) is 14.1 Å². The molecule has 5 rings (SSSR count). The molecule has 0 atom stereocenters. The zero-order chi connectivity index (χ0) is 19.4. The Morgan fingerprint density at radius 2 is 1.57 bits per heavy atom. The van der Waals surface area contributed by atoms with Crippen LogP contribution >= 0.6 is 23.3 Å². The lowest BCUT2D eigenvalue weighted by Gasteiger charge is -2.19. The minimum absolute atomic E-state index is 0.175. The summed E-state index contributed by atoms with van der Waals surface area (Å²) in [5.74, 6) is -1.10. The average Bonchev–Trinajstić information content (AvgIpc) is 3.18. The molecule has 0 saturated carbocycles. The molecular formula is C20H9ClFN3O2S. The number of fused-ring (bicyclic) bond motifs is 4. The zero-order valence-electron chi connectivity index (χ0n) is 14.0. The van der Waals surface area contributed by atoms with Gasteiger partial charge in [0.1, 0.15) is 16.9 Å². The minimum atomic E-state index is -0.547. The van der Waals surface area contributed by atoms with Crippen molar-refractivity contribution in [3.63, 3.8) is 0 Å².